The Kier molecular flexibility index (Phi) is 21.2. The third-order valence-electron chi connectivity index (χ3n) is 6.96. The zero-order chi connectivity index (χ0) is 40.6. The van der Waals surface area contributed by atoms with Gasteiger partial charge in [-0.25, -0.2) is 14.4 Å². The number of hydrogen-bond acceptors (Lipinski definition) is 18. The molecule has 0 unspecified atom stereocenters. The average Bonchev–Trinajstić information content (AvgIpc) is 2.97. The SMILES string of the molecule is C=C(C)C(=O)OCCC[Si](O)(O)O[Si](O[Si](O)(O)CCCOC(=O)C(=C)C)(O[Si](O)(O)CCCOC(=O)C(=C)C)O[Si](O)(O)CCC[N+](C)(C)CC. The van der Waals surface area contributed by atoms with Gasteiger partial charge in [0.25, 0.3) is 0 Å². The van der Waals surface area contributed by atoms with Crippen molar-refractivity contribution in [3.8, 4) is 0 Å². The molecule has 0 aliphatic carbocycles. The molecule has 19 nitrogen and oxygen atoms in total. The number of esters is 3. The van der Waals surface area contributed by atoms with Crippen molar-refractivity contribution in [3.05, 3.63) is 36.5 Å². The number of ether oxygens (including phenoxy) is 3. The molecular weight excluding hydrogens is 779 g/mol. The van der Waals surface area contributed by atoms with Crippen LogP contribution in [-0.4, -0.2) is 152 Å². The molecule has 0 aliphatic rings. The summed E-state index contributed by atoms with van der Waals surface area (Å²) in [4.78, 5) is 124. The summed E-state index contributed by atoms with van der Waals surface area (Å²) in [6, 6.07) is -2.51. The van der Waals surface area contributed by atoms with E-state index in [1.54, 1.807) is 0 Å². The highest BCUT2D eigenvalue weighted by molar-refractivity contribution is 6.84. The van der Waals surface area contributed by atoms with Gasteiger partial charge in [0.05, 0.1) is 47.0 Å². The highest BCUT2D eigenvalue weighted by Crippen LogP contribution is 2.30. The van der Waals surface area contributed by atoms with E-state index in [1.165, 1.54) is 20.8 Å². The van der Waals surface area contributed by atoms with Gasteiger partial charge in [-0.2, -0.15) is 0 Å². The summed E-state index contributed by atoms with van der Waals surface area (Å²) in [5.74, 6) is -2.29. The minimum absolute atomic E-state index is 0.0749. The number of quaternary nitrogens is 1. The van der Waals surface area contributed by atoms with Gasteiger partial charge in [0.15, 0.2) is 0 Å². The van der Waals surface area contributed by atoms with Crippen molar-refractivity contribution in [2.24, 2.45) is 0 Å². The average molecular weight is 837 g/mol. The molecule has 0 saturated heterocycles. The molecule has 0 heterocycles. The summed E-state index contributed by atoms with van der Waals surface area (Å²) in [5.41, 5.74) is 0.225. The van der Waals surface area contributed by atoms with Crippen LogP contribution in [0.5, 0.6) is 0 Å². The van der Waals surface area contributed by atoms with E-state index in [2.05, 4.69) is 19.7 Å². The molecule has 302 valence electrons. The summed E-state index contributed by atoms with van der Waals surface area (Å²) in [6.45, 7) is 16.4. The Morgan fingerprint density at radius 2 is 0.769 bits per heavy atom. The van der Waals surface area contributed by atoms with Crippen molar-refractivity contribution >= 4 is 62.2 Å². The largest absolute Gasteiger partial charge is 0.649 e. The maximum Gasteiger partial charge on any atom is 0.649 e. The molecule has 0 radical (unpaired) electrons. The Bertz CT molecular complexity index is 1110. The number of carbonyl (C=O) groups is 3. The van der Waals surface area contributed by atoms with Crippen LogP contribution in [0, 0.1) is 0 Å². The van der Waals surface area contributed by atoms with Gasteiger partial charge in [0.1, 0.15) is 0 Å². The van der Waals surface area contributed by atoms with Gasteiger partial charge in [0.2, 0.25) is 0 Å². The standard InChI is InChI=1S/C28H58NO18Si5/c1-10-29(8,9)15-11-19-48(33,34)44-52(45-49(35,36)20-12-16-41-26(30)23(2)3,46-50(37,38)21-13-17-42-27(31)24(4)5)47-51(39,40)22-14-18-43-28(32)25(6)7/h33-40H,2,4,6,10-22H2,1,3,5,7-9H3/q+1. The van der Waals surface area contributed by atoms with E-state index >= 15 is 0 Å². The summed E-state index contributed by atoms with van der Waals surface area (Å²) >= 11 is 0. The second kappa shape index (κ2) is 21.9. The van der Waals surface area contributed by atoms with Crippen molar-refractivity contribution in [2.75, 3.05) is 47.0 Å². The number of carbonyl (C=O) groups excluding carboxylic acids is 3. The molecule has 0 aliphatic heterocycles. The summed E-state index contributed by atoms with van der Waals surface area (Å²) in [6.07, 6.45) is -0.630. The molecule has 0 bridgehead atoms. The third kappa shape index (κ3) is 22.4. The first-order chi connectivity index (χ1) is 23.6. The molecule has 0 saturated carbocycles. The quantitative estimate of drug-likeness (QED) is 0.0120. The highest BCUT2D eigenvalue weighted by Gasteiger charge is 2.65. The third-order valence-corrected chi connectivity index (χ3v) is 20.2. The molecule has 0 rings (SSSR count). The zero-order valence-electron chi connectivity index (χ0n) is 30.9. The smallest absolute Gasteiger partial charge is 0.462 e. The van der Waals surface area contributed by atoms with Crippen LogP contribution in [0.25, 0.3) is 0 Å². The Balaban J connectivity index is 6.66. The first-order valence-corrected chi connectivity index (χ1v) is 26.1. The van der Waals surface area contributed by atoms with Crippen LogP contribution in [0.3, 0.4) is 0 Å². The molecule has 52 heavy (non-hydrogen) atoms. The van der Waals surface area contributed by atoms with Gasteiger partial charge in [-0.3, -0.25) is 0 Å². The molecule has 0 spiro atoms. The second-order valence-electron chi connectivity index (χ2n) is 13.0. The van der Waals surface area contributed by atoms with Gasteiger partial charge < -0.3 is 73.5 Å². The van der Waals surface area contributed by atoms with Crippen molar-refractivity contribution in [3.63, 3.8) is 0 Å². The van der Waals surface area contributed by atoms with Gasteiger partial charge in [0, 0.05) is 47.3 Å². The topological polar surface area (TPSA) is 278 Å². The van der Waals surface area contributed by atoms with Crippen LogP contribution < -0.4 is 0 Å². The minimum atomic E-state index is -5.86. The van der Waals surface area contributed by atoms with Crippen molar-refractivity contribution in [2.45, 2.75) is 77.6 Å². The lowest BCUT2D eigenvalue weighted by Crippen LogP contribution is -2.70. The lowest BCUT2D eigenvalue weighted by atomic mass is 10.4. The van der Waals surface area contributed by atoms with Crippen LogP contribution in [-0.2, 0) is 45.1 Å². The summed E-state index contributed by atoms with van der Waals surface area (Å²) in [7, 11) is -22.9. The molecule has 24 heteroatoms. The van der Waals surface area contributed by atoms with Crippen LogP contribution in [0.1, 0.15) is 53.4 Å². The maximum atomic E-state index is 11.8. The molecule has 0 aromatic carbocycles. The summed E-state index contributed by atoms with van der Waals surface area (Å²) in [5, 5.41) is 0. The van der Waals surface area contributed by atoms with E-state index in [4.69, 9.17) is 30.7 Å². The Morgan fingerprint density at radius 3 is 1.00 bits per heavy atom. The van der Waals surface area contributed by atoms with E-state index in [0.29, 0.717) is 17.6 Å². The van der Waals surface area contributed by atoms with Crippen LogP contribution >= 0.6 is 0 Å². The van der Waals surface area contributed by atoms with Crippen LogP contribution in [0.2, 0.25) is 24.2 Å². The van der Waals surface area contributed by atoms with Gasteiger partial charge in [-0.15, -0.1) is 0 Å². The van der Waals surface area contributed by atoms with E-state index in [9.17, 15) is 52.7 Å². The Labute approximate surface area is 310 Å². The minimum Gasteiger partial charge on any atom is -0.462 e. The Hall–Kier alpha value is -1.81. The predicted molar refractivity (Wildman–Crippen MR) is 193 cm³/mol. The summed E-state index contributed by atoms with van der Waals surface area (Å²) < 4.78 is 37.0. The number of nitrogens with zero attached hydrogens (tertiary/aromatic N) is 1. The molecule has 0 aromatic heterocycles. The fraction of sp³-hybridized carbons (Fsp3) is 0.679. The fourth-order valence-electron chi connectivity index (χ4n) is 3.80. The fourth-order valence-corrected chi connectivity index (χ4v) is 17.5. The van der Waals surface area contributed by atoms with Gasteiger partial charge in [-0.1, -0.05) is 19.7 Å². The first kappa shape index (κ1) is 50.2. The molecular formula is C28H58NO18Si5+. The highest BCUT2D eigenvalue weighted by atomic mass is 28.6. The van der Waals surface area contributed by atoms with Crippen molar-refractivity contribution < 1.29 is 87.9 Å². The van der Waals surface area contributed by atoms with Crippen LogP contribution in [0.4, 0.5) is 0 Å². The lowest BCUT2D eigenvalue weighted by molar-refractivity contribution is -0.888. The van der Waals surface area contributed by atoms with Gasteiger partial charge in [-0.05, 0) is 47.0 Å². The van der Waals surface area contributed by atoms with Crippen molar-refractivity contribution in [1.29, 1.82) is 0 Å². The molecule has 0 fully saturated rings. The zero-order valence-corrected chi connectivity index (χ0v) is 35.9. The molecule has 0 aromatic rings. The molecule has 8 N–H and O–H groups in total. The lowest BCUT2D eigenvalue weighted by Gasteiger charge is -2.40. The maximum absolute atomic E-state index is 11.8. The number of rotatable bonds is 28. The van der Waals surface area contributed by atoms with Crippen LogP contribution in [0.15, 0.2) is 36.5 Å². The number of hydrogen-bond donors (Lipinski definition) is 8. The normalized spacial score (nSPS) is 13.0. The second-order valence-corrected chi connectivity index (χ2v) is 25.2. The van der Waals surface area contributed by atoms with E-state index in [1.807, 2.05) is 21.0 Å². The van der Waals surface area contributed by atoms with Crippen molar-refractivity contribution in [1.82, 2.24) is 0 Å². The van der Waals surface area contributed by atoms with E-state index < -0.39 is 86.3 Å². The molecule has 0 atom stereocenters. The van der Waals surface area contributed by atoms with E-state index in [-0.39, 0.29) is 62.2 Å². The van der Waals surface area contributed by atoms with Gasteiger partial charge >= 0.3 is 62.2 Å². The monoisotopic (exact) mass is 836 g/mol. The first-order valence-electron chi connectivity index (χ1n) is 16.5. The van der Waals surface area contributed by atoms with E-state index in [0.717, 1.165) is 0 Å². The molecule has 0 amide bonds. The Morgan fingerprint density at radius 1 is 0.519 bits per heavy atom. The predicted octanol–water partition coefficient (Wildman–Crippen LogP) is -0.803.